The quantitative estimate of drug-likeness (QED) is 0.907. The highest BCUT2D eigenvalue weighted by molar-refractivity contribution is 8.07. The molecule has 0 amide bonds. The summed E-state index contributed by atoms with van der Waals surface area (Å²) in [6.45, 7) is 4.66. The molecule has 0 bridgehead atoms. The lowest BCUT2D eigenvalue weighted by atomic mass is 10.0. The molecule has 1 aromatic carbocycles. The smallest absolute Gasteiger partial charge is 0.0345 e. The molecule has 1 aliphatic heterocycles. The van der Waals surface area contributed by atoms with Crippen LogP contribution in [0.3, 0.4) is 0 Å². The van der Waals surface area contributed by atoms with Crippen LogP contribution in [0.2, 0.25) is 0 Å². The van der Waals surface area contributed by atoms with Crippen LogP contribution in [0.25, 0.3) is 10.1 Å². The number of fused-ring (bicyclic) bond motifs is 1. The van der Waals surface area contributed by atoms with E-state index in [1.54, 1.807) is 0 Å². The molecule has 1 nitrogen and oxygen atoms in total. The fourth-order valence-electron chi connectivity index (χ4n) is 2.61. The van der Waals surface area contributed by atoms with Crippen LogP contribution in [0.15, 0.2) is 29.6 Å². The Kier molecular flexibility index (Phi) is 4.65. The number of rotatable bonds is 3. The normalized spacial score (nSPS) is 28.6. The van der Waals surface area contributed by atoms with Crippen LogP contribution in [0.5, 0.6) is 0 Å². The lowest BCUT2D eigenvalue weighted by molar-refractivity contribution is 0.660. The van der Waals surface area contributed by atoms with E-state index in [2.05, 4.69) is 67.0 Å². The molecule has 0 spiro atoms. The second kappa shape index (κ2) is 6.30. The summed E-state index contributed by atoms with van der Waals surface area (Å²) in [5, 5.41) is 5.74. The van der Waals surface area contributed by atoms with E-state index in [0.717, 1.165) is 11.7 Å². The van der Waals surface area contributed by atoms with Gasteiger partial charge < -0.3 is 5.73 Å². The average molecular weight is 324 g/mol. The molecule has 2 N–H and O–H groups in total. The molecular weight excluding hydrogens is 302 g/mol. The predicted molar refractivity (Wildman–Crippen MR) is 96.3 cm³/mol. The van der Waals surface area contributed by atoms with Gasteiger partial charge in [-0.2, -0.15) is 23.5 Å². The first-order chi connectivity index (χ1) is 9.65. The van der Waals surface area contributed by atoms with Crippen molar-refractivity contribution in [2.24, 2.45) is 5.73 Å². The maximum Gasteiger partial charge on any atom is 0.0345 e. The van der Waals surface area contributed by atoms with Gasteiger partial charge >= 0.3 is 0 Å². The van der Waals surface area contributed by atoms with Crippen molar-refractivity contribution in [1.82, 2.24) is 0 Å². The monoisotopic (exact) mass is 323 g/mol. The molecule has 108 valence electrons. The Labute approximate surface area is 133 Å². The zero-order valence-corrected chi connectivity index (χ0v) is 14.4. The Morgan fingerprint density at radius 2 is 2.05 bits per heavy atom. The molecular formula is C16H21NS3. The van der Waals surface area contributed by atoms with E-state index in [4.69, 9.17) is 5.73 Å². The number of thioether (sulfide) groups is 2. The number of nitrogens with two attached hydrogens (primary N) is 1. The zero-order chi connectivity index (χ0) is 14.1. The van der Waals surface area contributed by atoms with E-state index in [1.807, 2.05) is 11.3 Å². The summed E-state index contributed by atoms with van der Waals surface area (Å²) in [6.07, 6.45) is 1.00. The van der Waals surface area contributed by atoms with Crippen LogP contribution >= 0.6 is 34.9 Å². The third-order valence-electron chi connectivity index (χ3n) is 4.07. The minimum atomic E-state index is 0.264. The molecule has 1 aromatic heterocycles. The highest BCUT2D eigenvalue weighted by atomic mass is 32.2. The van der Waals surface area contributed by atoms with E-state index in [0.29, 0.717) is 10.5 Å². The first-order valence-corrected chi connectivity index (χ1v) is 10.00. The van der Waals surface area contributed by atoms with Gasteiger partial charge in [-0.1, -0.05) is 32.0 Å². The van der Waals surface area contributed by atoms with Gasteiger partial charge in [-0.25, -0.2) is 0 Å². The Hall–Kier alpha value is -0.160. The SMILES string of the molecule is CC1SCC(C(N)Cc2csc3ccccc23)SC1C. The largest absolute Gasteiger partial charge is 0.326 e. The summed E-state index contributed by atoms with van der Waals surface area (Å²) in [4.78, 5) is 0. The molecule has 0 aliphatic carbocycles. The lowest BCUT2D eigenvalue weighted by Crippen LogP contribution is -2.41. The molecule has 2 aromatic rings. The minimum Gasteiger partial charge on any atom is -0.326 e. The van der Waals surface area contributed by atoms with Gasteiger partial charge in [-0.3, -0.25) is 0 Å². The molecule has 20 heavy (non-hydrogen) atoms. The highest BCUT2D eigenvalue weighted by Crippen LogP contribution is 2.37. The van der Waals surface area contributed by atoms with E-state index in [-0.39, 0.29) is 6.04 Å². The Morgan fingerprint density at radius 3 is 2.85 bits per heavy atom. The number of thiophene rings is 1. The summed E-state index contributed by atoms with van der Waals surface area (Å²) in [5.41, 5.74) is 7.93. The van der Waals surface area contributed by atoms with Gasteiger partial charge in [-0.05, 0) is 28.8 Å². The van der Waals surface area contributed by atoms with Crippen molar-refractivity contribution >= 4 is 44.9 Å². The second-order valence-corrected chi connectivity index (χ2v) is 9.49. The molecule has 0 saturated carbocycles. The van der Waals surface area contributed by atoms with Crippen molar-refractivity contribution in [3.8, 4) is 0 Å². The second-order valence-electron chi connectivity index (χ2n) is 5.54. The van der Waals surface area contributed by atoms with Crippen LogP contribution in [-0.2, 0) is 6.42 Å². The van der Waals surface area contributed by atoms with Crippen molar-refractivity contribution in [1.29, 1.82) is 0 Å². The Morgan fingerprint density at radius 1 is 1.25 bits per heavy atom. The lowest BCUT2D eigenvalue weighted by Gasteiger charge is -2.34. The number of hydrogen-bond donors (Lipinski definition) is 1. The van der Waals surface area contributed by atoms with E-state index >= 15 is 0 Å². The number of benzene rings is 1. The van der Waals surface area contributed by atoms with Gasteiger partial charge in [0.1, 0.15) is 0 Å². The van der Waals surface area contributed by atoms with Crippen LogP contribution in [0, 0.1) is 0 Å². The first-order valence-electron chi connectivity index (χ1n) is 7.13. The fourth-order valence-corrected chi connectivity index (χ4v) is 6.64. The van der Waals surface area contributed by atoms with Crippen molar-refractivity contribution in [3.63, 3.8) is 0 Å². The van der Waals surface area contributed by atoms with Gasteiger partial charge in [0.2, 0.25) is 0 Å². The highest BCUT2D eigenvalue weighted by Gasteiger charge is 2.29. The standard InChI is InChI=1S/C16H21NS3/c1-10-11(2)20-16(9-18-10)14(17)7-12-8-19-15-6-4-3-5-13(12)15/h3-6,8,10-11,14,16H,7,9,17H2,1-2H3. The van der Waals surface area contributed by atoms with Crippen molar-refractivity contribution < 1.29 is 0 Å². The molecule has 1 aliphatic rings. The molecule has 3 rings (SSSR count). The fraction of sp³-hybridized carbons (Fsp3) is 0.500. The molecule has 4 heteroatoms. The molecule has 1 saturated heterocycles. The third kappa shape index (κ3) is 3.03. The molecule has 4 atom stereocenters. The van der Waals surface area contributed by atoms with Crippen LogP contribution in [0.4, 0.5) is 0 Å². The summed E-state index contributed by atoms with van der Waals surface area (Å²) < 4.78 is 1.38. The van der Waals surface area contributed by atoms with Gasteiger partial charge in [0.25, 0.3) is 0 Å². The van der Waals surface area contributed by atoms with E-state index in [9.17, 15) is 0 Å². The molecule has 4 unspecified atom stereocenters. The van der Waals surface area contributed by atoms with Crippen LogP contribution in [0.1, 0.15) is 19.4 Å². The van der Waals surface area contributed by atoms with Crippen LogP contribution in [-0.4, -0.2) is 27.5 Å². The van der Waals surface area contributed by atoms with Crippen molar-refractivity contribution in [2.75, 3.05) is 5.75 Å². The van der Waals surface area contributed by atoms with Crippen molar-refractivity contribution in [3.05, 3.63) is 35.2 Å². The van der Waals surface area contributed by atoms with Crippen LogP contribution < -0.4 is 5.73 Å². The zero-order valence-electron chi connectivity index (χ0n) is 11.9. The Bertz CT molecular complexity index is 580. The molecule has 0 radical (unpaired) electrons. The predicted octanol–water partition coefficient (Wildman–Crippen LogP) is 4.40. The van der Waals surface area contributed by atoms with Gasteiger partial charge in [0, 0.05) is 32.2 Å². The maximum absolute atomic E-state index is 6.51. The Balaban J connectivity index is 1.71. The summed E-state index contributed by atoms with van der Waals surface area (Å²) in [6, 6.07) is 8.92. The van der Waals surface area contributed by atoms with Gasteiger partial charge in [0.15, 0.2) is 0 Å². The van der Waals surface area contributed by atoms with Crippen molar-refractivity contribution in [2.45, 2.75) is 42.1 Å². The van der Waals surface area contributed by atoms with Gasteiger partial charge in [-0.15, -0.1) is 11.3 Å². The molecule has 2 heterocycles. The summed E-state index contributed by atoms with van der Waals surface area (Å²) >= 11 is 6.00. The first kappa shape index (κ1) is 14.8. The minimum absolute atomic E-state index is 0.264. The maximum atomic E-state index is 6.51. The van der Waals surface area contributed by atoms with E-state index < -0.39 is 0 Å². The van der Waals surface area contributed by atoms with E-state index in [1.165, 1.54) is 21.4 Å². The third-order valence-corrected chi connectivity index (χ3v) is 8.65. The topological polar surface area (TPSA) is 26.0 Å². The average Bonchev–Trinajstić information content (AvgIpc) is 2.85. The summed E-state index contributed by atoms with van der Waals surface area (Å²) in [5.74, 6) is 1.19. The number of hydrogen-bond acceptors (Lipinski definition) is 4. The summed E-state index contributed by atoms with van der Waals surface area (Å²) in [7, 11) is 0. The molecule has 1 fully saturated rings. The van der Waals surface area contributed by atoms with Gasteiger partial charge in [0.05, 0.1) is 0 Å².